The van der Waals surface area contributed by atoms with E-state index in [2.05, 4.69) is 5.32 Å². The second-order valence-electron chi connectivity index (χ2n) is 9.20. The molecule has 0 unspecified atom stereocenters. The molecule has 38 heavy (non-hydrogen) atoms. The normalized spacial score (nSPS) is 20.5. The lowest BCUT2D eigenvalue weighted by Crippen LogP contribution is -2.39. The van der Waals surface area contributed by atoms with Crippen LogP contribution in [0.3, 0.4) is 0 Å². The molecule has 8 nitrogen and oxygen atoms in total. The summed E-state index contributed by atoms with van der Waals surface area (Å²) in [6.07, 6.45) is 2.77. The molecule has 0 aliphatic carbocycles. The summed E-state index contributed by atoms with van der Waals surface area (Å²) in [4.78, 5) is 32.8. The van der Waals surface area contributed by atoms with Crippen LogP contribution in [-0.2, 0) is 19.1 Å². The molecule has 0 spiro atoms. The number of carbonyl (C=O) groups excluding carboxylic acids is 2. The zero-order valence-corrected chi connectivity index (χ0v) is 22.3. The number of aliphatic imine (C=N–C) groups is 1. The average Bonchev–Trinajstić information content (AvgIpc) is 3.61. The first-order valence-electron chi connectivity index (χ1n) is 12.8. The Labute approximate surface area is 226 Å². The van der Waals surface area contributed by atoms with E-state index in [0.717, 1.165) is 35.9 Å². The first-order chi connectivity index (χ1) is 18.6. The Hall–Kier alpha value is -3.56. The topological polar surface area (TPSA) is 89.5 Å². The summed E-state index contributed by atoms with van der Waals surface area (Å²) < 4.78 is 16.9. The summed E-state index contributed by atoms with van der Waals surface area (Å²) in [6.45, 7) is 3.21. The van der Waals surface area contributed by atoms with Gasteiger partial charge in [0.05, 0.1) is 36.9 Å². The number of allylic oxidation sites excluding steroid dienone is 1. The molecule has 0 saturated carbocycles. The number of nitrogens with zero attached hydrogens (tertiary/aromatic N) is 2. The molecule has 1 N–H and O–H groups in total. The maximum atomic E-state index is 13.1. The van der Waals surface area contributed by atoms with E-state index < -0.39 is 12.0 Å². The molecule has 1 amide bonds. The third-order valence-corrected chi connectivity index (χ3v) is 7.56. The standard InChI is InChI=1S/C29H31N3O5S/c1-3-24-26(28(34)35-2)27(19-9-7-12-22(15-19)37-21-10-5-4-6-11-21)32-20(18-38-29(32)31-24)16-25(33)30-17-23-13-8-14-36-23/h4-7,9-12,15,18,23,27H,3,8,13-14,16-17H2,1-2H3,(H,30,33)/t23-,27-/m1/s1. The summed E-state index contributed by atoms with van der Waals surface area (Å²) in [5.74, 6) is 0.821. The monoisotopic (exact) mass is 533 g/mol. The maximum absolute atomic E-state index is 13.1. The number of esters is 1. The van der Waals surface area contributed by atoms with Crippen molar-refractivity contribution >= 4 is 28.8 Å². The number of fused-ring (bicyclic) bond motifs is 1. The lowest BCUT2D eigenvalue weighted by atomic mass is 9.92. The second kappa shape index (κ2) is 11.9. The number of amidine groups is 1. The predicted molar refractivity (Wildman–Crippen MR) is 147 cm³/mol. The van der Waals surface area contributed by atoms with Gasteiger partial charge in [-0.05, 0) is 54.5 Å². The number of nitrogens with one attached hydrogen (secondary N) is 1. The van der Waals surface area contributed by atoms with Crippen LogP contribution in [0.1, 0.15) is 44.2 Å². The third kappa shape index (κ3) is 5.63. The quantitative estimate of drug-likeness (QED) is 0.438. The van der Waals surface area contributed by atoms with Crippen LogP contribution in [0, 0.1) is 0 Å². The van der Waals surface area contributed by atoms with Gasteiger partial charge in [-0.3, -0.25) is 4.79 Å². The molecule has 2 atom stereocenters. The molecular formula is C29H31N3O5S. The molecule has 3 aliphatic heterocycles. The zero-order valence-electron chi connectivity index (χ0n) is 21.5. The van der Waals surface area contributed by atoms with Gasteiger partial charge in [0.15, 0.2) is 5.17 Å². The zero-order chi connectivity index (χ0) is 26.5. The van der Waals surface area contributed by atoms with E-state index in [1.54, 1.807) is 0 Å². The fraction of sp³-hybridized carbons (Fsp3) is 0.345. The summed E-state index contributed by atoms with van der Waals surface area (Å²) in [5, 5.41) is 5.67. The minimum atomic E-state index is -0.517. The molecule has 0 radical (unpaired) electrons. The van der Waals surface area contributed by atoms with Crippen molar-refractivity contribution in [1.82, 2.24) is 10.2 Å². The molecule has 2 aromatic rings. The number of amides is 1. The Morgan fingerprint density at radius 2 is 1.97 bits per heavy atom. The van der Waals surface area contributed by atoms with Gasteiger partial charge >= 0.3 is 5.97 Å². The molecule has 9 heteroatoms. The Morgan fingerprint density at radius 3 is 2.71 bits per heavy atom. The van der Waals surface area contributed by atoms with Gasteiger partial charge in [-0.15, -0.1) is 0 Å². The SMILES string of the molecule is CCC1=C(C(=O)OC)[C@@H](c2cccc(Oc3ccccc3)c2)N2C(CC(=O)NC[C@H]3CCCO3)=CSC2=N1. The van der Waals surface area contributed by atoms with Crippen molar-refractivity contribution in [2.75, 3.05) is 20.3 Å². The Morgan fingerprint density at radius 1 is 1.16 bits per heavy atom. The van der Waals surface area contributed by atoms with Crippen molar-refractivity contribution in [2.45, 2.75) is 44.8 Å². The molecule has 5 rings (SSSR count). The van der Waals surface area contributed by atoms with Gasteiger partial charge in [-0.25, -0.2) is 9.79 Å². The fourth-order valence-electron chi connectivity index (χ4n) is 4.86. The smallest absolute Gasteiger partial charge is 0.338 e. The van der Waals surface area contributed by atoms with Crippen molar-refractivity contribution in [3.63, 3.8) is 0 Å². The summed E-state index contributed by atoms with van der Waals surface area (Å²) >= 11 is 1.46. The molecule has 3 heterocycles. The number of benzene rings is 2. The third-order valence-electron chi connectivity index (χ3n) is 6.67. The van der Waals surface area contributed by atoms with Crippen molar-refractivity contribution in [3.05, 3.63) is 82.5 Å². The van der Waals surface area contributed by atoms with Crippen molar-refractivity contribution in [2.24, 2.45) is 4.99 Å². The number of thioether (sulfide) groups is 1. The molecule has 1 saturated heterocycles. The Bertz CT molecular complexity index is 1280. The highest BCUT2D eigenvalue weighted by atomic mass is 32.2. The van der Waals surface area contributed by atoms with Crippen LogP contribution in [0.4, 0.5) is 0 Å². The van der Waals surface area contributed by atoms with Crippen LogP contribution < -0.4 is 10.1 Å². The molecule has 198 valence electrons. The van der Waals surface area contributed by atoms with E-state index in [0.29, 0.717) is 35.7 Å². The second-order valence-corrected chi connectivity index (χ2v) is 10.0. The number of rotatable bonds is 9. The largest absolute Gasteiger partial charge is 0.466 e. The molecule has 2 aromatic carbocycles. The van der Waals surface area contributed by atoms with Crippen LogP contribution in [0.5, 0.6) is 11.5 Å². The van der Waals surface area contributed by atoms with Crippen molar-refractivity contribution in [3.8, 4) is 11.5 Å². The van der Waals surface area contributed by atoms with Gasteiger partial charge in [0.1, 0.15) is 11.5 Å². The number of carbonyl (C=O) groups is 2. The summed E-state index contributed by atoms with van der Waals surface area (Å²) in [6, 6.07) is 16.7. The lowest BCUT2D eigenvalue weighted by molar-refractivity contribution is -0.136. The highest BCUT2D eigenvalue weighted by Gasteiger charge is 2.41. The molecule has 0 aromatic heterocycles. The number of methoxy groups -OCH3 is 1. The highest BCUT2D eigenvalue weighted by molar-refractivity contribution is 8.16. The Kier molecular flexibility index (Phi) is 8.14. The minimum Gasteiger partial charge on any atom is -0.466 e. The number of hydrogen-bond donors (Lipinski definition) is 1. The molecule has 0 bridgehead atoms. The minimum absolute atomic E-state index is 0.0686. The van der Waals surface area contributed by atoms with Crippen LogP contribution in [-0.4, -0.2) is 48.3 Å². The number of ether oxygens (including phenoxy) is 3. The first kappa shape index (κ1) is 26.1. The maximum Gasteiger partial charge on any atom is 0.338 e. The number of hydrogen-bond acceptors (Lipinski definition) is 8. The van der Waals surface area contributed by atoms with E-state index >= 15 is 0 Å². The van der Waals surface area contributed by atoms with Crippen LogP contribution in [0.2, 0.25) is 0 Å². The van der Waals surface area contributed by atoms with Gasteiger partial charge in [0.2, 0.25) is 5.91 Å². The fourth-order valence-corrected chi connectivity index (χ4v) is 5.80. The lowest BCUT2D eigenvalue weighted by Gasteiger charge is -2.36. The van der Waals surface area contributed by atoms with Gasteiger partial charge < -0.3 is 24.4 Å². The van der Waals surface area contributed by atoms with Gasteiger partial charge in [-0.2, -0.15) is 0 Å². The number of para-hydroxylation sites is 1. The van der Waals surface area contributed by atoms with E-state index in [-0.39, 0.29) is 18.4 Å². The van der Waals surface area contributed by atoms with E-state index in [4.69, 9.17) is 19.2 Å². The highest BCUT2D eigenvalue weighted by Crippen LogP contribution is 2.46. The van der Waals surface area contributed by atoms with Crippen molar-refractivity contribution < 1.29 is 23.8 Å². The van der Waals surface area contributed by atoms with Gasteiger partial charge in [0.25, 0.3) is 0 Å². The van der Waals surface area contributed by atoms with E-state index in [1.165, 1.54) is 18.9 Å². The van der Waals surface area contributed by atoms with Crippen molar-refractivity contribution in [1.29, 1.82) is 0 Å². The molecule has 3 aliphatic rings. The molecular weight excluding hydrogens is 502 g/mol. The van der Waals surface area contributed by atoms with Gasteiger partial charge in [-0.1, -0.05) is 49.0 Å². The van der Waals surface area contributed by atoms with Crippen LogP contribution in [0.25, 0.3) is 0 Å². The van der Waals surface area contributed by atoms with Crippen LogP contribution >= 0.6 is 11.8 Å². The van der Waals surface area contributed by atoms with Gasteiger partial charge in [0, 0.05) is 18.8 Å². The van der Waals surface area contributed by atoms with Crippen LogP contribution in [0.15, 0.2) is 82.0 Å². The first-order valence-corrected chi connectivity index (χ1v) is 13.7. The van der Waals surface area contributed by atoms with E-state index in [9.17, 15) is 9.59 Å². The summed E-state index contributed by atoms with van der Waals surface area (Å²) in [5.41, 5.74) is 2.75. The Balaban J connectivity index is 1.45. The van der Waals surface area contributed by atoms with E-state index in [1.807, 2.05) is 71.8 Å². The molecule has 1 fully saturated rings. The predicted octanol–water partition coefficient (Wildman–Crippen LogP) is 5.30. The summed E-state index contributed by atoms with van der Waals surface area (Å²) in [7, 11) is 1.38. The average molecular weight is 534 g/mol.